The Morgan fingerprint density at radius 3 is 1.22 bits per heavy atom. The molecule has 0 saturated heterocycles. The second kappa shape index (κ2) is 35.5. The van der Waals surface area contributed by atoms with E-state index in [2.05, 4.69) is 0 Å². The van der Waals surface area contributed by atoms with Gasteiger partial charge in [0.2, 0.25) is 0 Å². The van der Waals surface area contributed by atoms with E-state index in [1.54, 1.807) is 27.4 Å². The molecule has 1 aromatic carbocycles. The largest absolute Gasteiger partial charge is 0.495 e. The number of hydrogen-bond acceptors (Lipinski definition) is 17. The molecule has 0 aromatic heterocycles. The van der Waals surface area contributed by atoms with E-state index in [0.29, 0.717) is 104 Å². The van der Waals surface area contributed by atoms with Crippen molar-refractivity contribution in [2.45, 2.75) is 52.9 Å². The fraction of sp³-hybridized carbons (Fsp3) is 0.838. The molecule has 0 aliphatic heterocycles. The van der Waals surface area contributed by atoms with Gasteiger partial charge in [0.1, 0.15) is 5.75 Å². The van der Waals surface area contributed by atoms with E-state index in [1.807, 2.05) is 44.7 Å². The first kappa shape index (κ1) is 50.1. The van der Waals surface area contributed by atoms with Crippen LogP contribution in [0.4, 0.5) is 11.4 Å². The van der Waals surface area contributed by atoms with Crippen LogP contribution in [0.25, 0.3) is 0 Å². The molecule has 0 radical (unpaired) electrons. The molecule has 0 fully saturated rings. The highest BCUT2D eigenvalue weighted by Gasteiger charge is 2.23. The normalized spacial score (nSPS) is 13.9. The first-order valence-corrected chi connectivity index (χ1v) is 18.8. The Hall–Kier alpha value is -1.94. The Labute approximate surface area is 323 Å². The SMILES string of the molecule is CCOCCOCCOCCOC(CN(CC(OCCOCCOCCOCC)OCCOC(C)OC)c1ccc(N)c(OC)c1)OCCOC(C)OC. The summed E-state index contributed by atoms with van der Waals surface area (Å²) in [6, 6.07) is 5.52. The number of nitrogens with zero attached hydrogens (tertiary/aromatic N) is 1. The lowest BCUT2D eigenvalue weighted by Crippen LogP contribution is -2.43. The van der Waals surface area contributed by atoms with Crippen LogP contribution in [0.3, 0.4) is 0 Å². The van der Waals surface area contributed by atoms with Gasteiger partial charge in [-0.05, 0) is 39.8 Å². The summed E-state index contributed by atoms with van der Waals surface area (Å²) in [5, 5.41) is 0. The fourth-order valence-corrected chi connectivity index (χ4v) is 4.42. The molecule has 0 spiro atoms. The maximum Gasteiger partial charge on any atom is 0.175 e. The molecule has 0 aliphatic rings. The minimum atomic E-state index is -0.696. The molecule has 17 heteroatoms. The van der Waals surface area contributed by atoms with Gasteiger partial charge in [-0.2, -0.15) is 0 Å². The van der Waals surface area contributed by atoms with E-state index in [-0.39, 0.29) is 52.1 Å². The quantitative estimate of drug-likeness (QED) is 0.0586. The third-order valence-electron chi connectivity index (χ3n) is 7.42. The number of anilines is 2. The second-order valence-corrected chi connectivity index (χ2v) is 11.4. The minimum Gasteiger partial charge on any atom is -0.495 e. The molecule has 4 unspecified atom stereocenters. The highest BCUT2D eigenvalue weighted by molar-refractivity contribution is 5.62. The molecule has 1 aromatic rings. The van der Waals surface area contributed by atoms with Gasteiger partial charge in [0.15, 0.2) is 25.2 Å². The summed E-state index contributed by atoms with van der Waals surface area (Å²) >= 11 is 0. The van der Waals surface area contributed by atoms with Crippen LogP contribution in [-0.4, -0.2) is 179 Å². The molecule has 1 rings (SSSR count). The lowest BCUT2D eigenvalue weighted by molar-refractivity contribution is -0.179. The molecule has 0 heterocycles. The van der Waals surface area contributed by atoms with E-state index in [9.17, 15) is 0 Å². The number of rotatable bonds is 40. The third-order valence-corrected chi connectivity index (χ3v) is 7.42. The first-order valence-electron chi connectivity index (χ1n) is 18.8. The van der Waals surface area contributed by atoms with Gasteiger partial charge in [0, 0.05) is 39.2 Å². The van der Waals surface area contributed by atoms with Crippen molar-refractivity contribution in [3.05, 3.63) is 18.2 Å². The summed E-state index contributed by atoms with van der Waals surface area (Å²) < 4.78 is 85.1. The average molecular weight is 783 g/mol. The monoisotopic (exact) mass is 782 g/mol. The standard InChI is InChI=1S/C37H70N2O15/c1-8-43-12-14-45-16-18-47-20-22-51-36(53-26-24-49-31(3)40-5)29-39(33-10-11-34(38)35(28-33)42-7)30-37(54-27-25-50-32(4)41-6)52-23-21-48-19-17-46-15-13-44-9-2/h10-11,28,31-32,36-37H,8-9,12-27,29-30,38H2,1-7H3. The maximum absolute atomic E-state index is 6.21. The molecule has 0 bridgehead atoms. The van der Waals surface area contributed by atoms with Crippen LogP contribution in [0.1, 0.15) is 27.7 Å². The van der Waals surface area contributed by atoms with Crippen molar-refractivity contribution in [2.24, 2.45) is 0 Å². The Bertz CT molecular complexity index is 922. The van der Waals surface area contributed by atoms with Crippen molar-refractivity contribution in [1.82, 2.24) is 0 Å². The van der Waals surface area contributed by atoms with Crippen molar-refractivity contribution >= 4 is 11.4 Å². The van der Waals surface area contributed by atoms with Gasteiger partial charge in [0.25, 0.3) is 0 Å². The number of ether oxygens (including phenoxy) is 15. The highest BCUT2D eigenvalue weighted by Crippen LogP contribution is 2.28. The summed E-state index contributed by atoms with van der Waals surface area (Å²) in [4.78, 5) is 2.02. The summed E-state index contributed by atoms with van der Waals surface area (Å²) in [5.41, 5.74) is 7.46. The van der Waals surface area contributed by atoms with Crippen molar-refractivity contribution in [3.63, 3.8) is 0 Å². The van der Waals surface area contributed by atoms with Crippen LogP contribution in [0.2, 0.25) is 0 Å². The van der Waals surface area contributed by atoms with Gasteiger partial charge in [0.05, 0.1) is 132 Å². The van der Waals surface area contributed by atoms with Crippen LogP contribution in [0.15, 0.2) is 18.2 Å². The predicted octanol–water partition coefficient (Wildman–Crippen LogP) is 2.96. The number of nitrogen functional groups attached to an aromatic ring is 1. The van der Waals surface area contributed by atoms with Crippen LogP contribution in [-0.2, 0) is 66.3 Å². The summed E-state index contributed by atoms with van der Waals surface area (Å²) in [7, 11) is 4.73. The topological polar surface area (TPSA) is 168 Å². The van der Waals surface area contributed by atoms with Gasteiger partial charge < -0.3 is 81.7 Å². The Morgan fingerprint density at radius 2 is 0.852 bits per heavy atom. The van der Waals surface area contributed by atoms with Crippen molar-refractivity contribution in [1.29, 1.82) is 0 Å². The maximum atomic E-state index is 6.21. The van der Waals surface area contributed by atoms with E-state index in [1.165, 1.54) is 0 Å². The summed E-state index contributed by atoms with van der Waals surface area (Å²) in [6.07, 6.45) is -2.14. The Kier molecular flexibility index (Phi) is 32.9. The fourth-order valence-electron chi connectivity index (χ4n) is 4.42. The van der Waals surface area contributed by atoms with Crippen LogP contribution >= 0.6 is 0 Å². The minimum absolute atomic E-state index is 0.254. The number of methoxy groups -OCH3 is 3. The zero-order chi connectivity index (χ0) is 39.5. The first-order chi connectivity index (χ1) is 26.4. The summed E-state index contributed by atoms with van der Waals surface area (Å²) in [6.45, 7) is 15.6. The molecule has 54 heavy (non-hydrogen) atoms. The van der Waals surface area contributed by atoms with Gasteiger partial charge in [-0.15, -0.1) is 0 Å². The molecule has 0 aliphatic carbocycles. The van der Waals surface area contributed by atoms with Crippen molar-refractivity contribution in [3.8, 4) is 5.75 Å². The number of benzene rings is 1. The predicted molar refractivity (Wildman–Crippen MR) is 202 cm³/mol. The number of hydrogen-bond donors (Lipinski definition) is 1. The molecule has 2 N–H and O–H groups in total. The Morgan fingerprint density at radius 1 is 0.500 bits per heavy atom. The lowest BCUT2D eigenvalue weighted by atomic mass is 10.2. The van der Waals surface area contributed by atoms with Gasteiger partial charge in [-0.3, -0.25) is 0 Å². The molecular formula is C37H70N2O15. The Balaban J connectivity index is 3.02. The third kappa shape index (κ3) is 26.8. The van der Waals surface area contributed by atoms with E-state index in [0.717, 1.165) is 5.69 Å². The zero-order valence-corrected chi connectivity index (χ0v) is 33.8. The van der Waals surface area contributed by atoms with Crippen molar-refractivity contribution in [2.75, 3.05) is 164 Å². The molecular weight excluding hydrogens is 712 g/mol. The van der Waals surface area contributed by atoms with E-state index in [4.69, 9.17) is 76.8 Å². The molecule has 17 nitrogen and oxygen atoms in total. The second-order valence-electron chi connectivity index (χ2n) is 11.4. The van der Waals surface area contributed by atoms with Crippen molar-refractivity contribution < 1.29 is 71.1 Å². The molecule has 0 saturated carbocycles. The van der Waals surface area contributed by atoms with Gasteiger partial charge in [-0.1, -0.05) is 0 Å². The van der Waals surface area contributed by atoms with Crippen LogP contribution in [0.5, 0.6) is 5.75 Å². The molecule has 4 atom stereocenters. The zero-order valence-electron chi connectivity index (χ0n) is 33.8. The van der Waals surface area contributed by atoms with Gasteiger partial charge >= 0.3 is 0 Å². The molecule has 318 valence electrons. The van der Waals surface area contributed by atoms with Gasteiger partial charge in [-0.25, -0.2) is 0 Å². The number of nitrogens with two attached hydrogens (primary N) is 1. The van der Waals surface area contributed by atoms with E-state index >= 15 is 0 Å². The van der Waals surface area contributed by atoms with Crippen LogP contribution in [0, 0.1) is 0 Å². The lowest BCUT2D eigenvalue weighted by Gasteiger charge is -2.33. The average Bonchev–Trinajstić information content (AvgIpc) is 3.18. The highest BCUT2D eigenvalue weighted by atomic mass is 16.7. The molecule has 0 amide bonds. The summed E-state index contributed by atoms with van der Waals surface area (Å²) in [5.74, 6) is 0.520. The smallest absolute Gasteiger partial charge is 0.175 e. The van der Waals surface area contributed by atoms with E-state index < -0.39 is 12.6 Å². The van der Waals surface area contributed by atoms with Crippen LogP contribution < -0.4 is 15.4 Å².